The molecule has 1 amide bonds. The van der Waals surface area contributed by atoms with Crippen molar-refractivity contribution in [2.45, 2.75) is 0 Å². The Labute approximate surface area is 114 Å². The van der Waals surface area contributed by atoms with Crippen molar-refractivity contribution < 1.29 is 9.53 Å². The van der Waals surface area contributed by atoms with Crippen molar-refractivity contribution in [1.82, 2.24) is 14.9 Å². The molecule has 19 heavy (non-hydrogen) atoms. The molecule has 1 aliphatic rings. The minimum Gasteiger partial charge on any atom is -0.378 e. The zero-order chi connectivity index (χ0) is 13.1. The van der Waals surface area contributed by atoms with Crippen LogP contribution in [-0.4, -0.2) is 47.1 Å². The first-order valence-electron chi connectivity index (χ1n) is 6.06. The van der Waals surface area contributed by atoms with E-state index in [4.69, 9.17) is 4.74 Å². The molecule has 0 bridgehead atoms. The molecular formula is C13H13N3O2S. The van der Waals surface area contributed by atoms with Gasteiger partial charge in [-0.15, -0.1) is 11.3 Å². The molecule has 98 valence electrons. The van der Waals surface area contributed by atoms with Gasteiger partial charge in [0.15, 0.2) is 0 Å². The summed E-state index contributed by atoms with van der Waals surface area (Å²) in [5.41, 5.74) is 3.24. The lowest BCUT2D eigenvalue weighted by atomic mass is 10.2. The molecular weight excluding hydrogens is 262 g/mol. The molecule has 1 aliphatic heterocycles. The van der Waals surface area contributed by atoms with Crippen LogP contribution in [0.2, 0.25) is 0 Å². The van der Waals surface area contributed by atoms with Crippen LogP contribution in [0.3, 0.4) is 0 Å². The largest absolute Gasteiger partial charge is 0.378 e. The van der Waals surface area contributed by atoms with Crippen LogP contribution in [0.25, 0.3) is 10.6 Å². The third-order valence-electron chi connectivity index (χ3n) is 2.99. The molecule has 0 spiro atoms. The number of hydrogen-bond donors (Lipinski definition) is 0. The quantitative estimate of drug-likeness (QED) is 0.836. The van der Waals surface area contributed by atoms with Crippen LogP contribution >= 0.6 is 11.3 Å². The third kappa shape index (κ3) is 2.64. The van der Waals surface area contributed by atoms with E-state index in [-0.39, 0.29) is 5.91 Å². The maximum absolute atomic E-state index is 12.2. The van der Waals surface area contributed by atoms with Gasteiger partial charge in [-0.05, 0) is 12.1 Å². The summed E-state index contributed by atoms with van der Waals surface area (Å²) in [6.45, 7) is 2.51. The molecule has 0 aromatic carbocycles. The lowest BCUT2D eigenvalue weighted by molar-refractivity contribution is 0.0302. The number of carbonyl (C=O) groups excluding carboxylic acids is 1. The second kappa shape index (κ2) is 5.46. The third-order valence-corrected chi connectivity index (χ3v) is 3.79. The number of morpholine rings is 1. The monoisotopic (exact) mass is 275 g/mol. The molecule has 1 saturated heterocycles. The Morgan fingerprint density at radius 2 is 2.11 bits per heavy atom. The van der Waals surface area contributed by atoms with Crippen molar-refractivity contribution in [3.8, 4) is 10.6 Å². The van der Waals surface area contributed by atoms with Crippen LogP contribution in [0.4, 0.5) is 0 Å². The molecule has 0 atom stereocenters. The van der Waals surface area contributed by atoms with Crippen LogP contribution < -0.4 is 0 Å². The molecule has 0 radical (unpaired) electrons. The molecule has 2 aromatic rings. The lowest BCUT2D eigenvalue weighted by Crippen LogP contribution is -2.40. The SMILES string of the molecule is O=C(c1ccc(-c2cncs2)nc1)N1CCOCC1. The number of nitrogens with zero attached hydrogens (tertiary/aromatic N) is 3. The van der Waals surface area contributed by atoms with E-state index in [1.54, 1.807) is 22.8 Å². The van der Waals surface area contributed by atoms with Crippen molar-refractivity contribution in [2.24, 2.45) is 0 Å². The number of carbonyl (C=O) groups is 1. The number of amides is 1. The Morgan fingerprint density at radius 1 is 1.26 bits per heavy atom. The lowest BCUT2D eigenvalue weighted by Gasteiger charge is -2.26. The van der Waals surface area contributed by atoms with Gasteiger partial charge in [0.05, 0.1) is 34.9 Å². The predicted molar refractivity (Wildman–Crippen MR) is 72.1 cm³/mol. The van der Waals surface area contributed by atoms with Gasteiger partial charge in [0.1, 0.15) is 0 Å². The topological polar surface area (TPSA) is 55.3 Å². The number of hydrogen-bond acceptors (Lipinski definition) is 5. The fourth-order valence-electron chi connectivity index (χ4n) is 1.96. The van der Waals surface area contributed by atoms with Crippen molar-refractivity contribution in [3.05, 3.63) is 35.6 Å². The zero-order valence-electron chi connectivity index (χ0n) is 10.3. The predicted octanol–water partition coefficient (Wildman–Crippen LogP) is 1.68. The van der Waals surface area contributed by atoms with Crippen molar-refractivity contribution in [1.29, 1.82) is 0 Å². The molecule has 0 saturated carbocycles. The average Bonchev–Trinajstić information content (AvgIpc) is 3.02. The fraction of sp³-hybridized carbons (Fsp3) is 0.308. The number of ether oxygens (including phenoxy) is 1. The van der Waals surface area contributed by atoms with Gasteiger partial charge >= 0.3 is 0 Å². The summed E-state index contributed by atoms with van der Waals surface area (Å²) in [5.74, 6) is 0.0201. The van der Waals surface area contributed by atoms with E-state index in [0.717, 1.165) is 10.6 Å². The highest BCUT2D eigenvalue weighted by atomic mass is 32.1. The highest BCUT2D eigenvalue weighted by Crippen LogP contribution is 2.21. The van der Waals surface area contributed by atoms with Gasteiger partial charge in [0.2, 0.25) is 0 Å². The highest BCUT2D eigenvalue weighted by Gasteiger charge is 2.18. The van der Waals surface area contributed by atoms with E-state index in [9.17, 15) is 4.79 Å². The van der Waals surface area contributed by atoms with Gasteiger partial charge in [-0.2, -0.15) is 0 Å². The minimum atomic E-state index is 0.0201. The van der Waals surface area contributed by atoms with E-state index in [0.29, 0.717) is 31.9 Å². The van der Waals surface area contributed by atoms with Crippen molar-refractivity contribution >= 4 is 17.2 Å². The van der Waals surface area contributed by atoms with Crippen molar-refractivity contribution in [3.63, 3.8) is 0 Å². The molecule has 6 heteroatoms. The van der Waals surface area contributed by atoms with Gasteiger partial charge in [-0.3, -0.25) is 14.8 Å². The van der Waals surface area contributed by atoms with Gasteiger partial charge in [-0.1, -0.05) is 0 Å². The normalized spacial score (nSPS) is 15.5. The van der Waals surface area contributed by atoms with Crippen LogP contribution in [0, 0.1) is 0 Å². The Balaban J connectivity index is 1.76. The first-order chi connectivity index (χ1) is 9.34. The molecule has 0 unspecified atom stereocenters. The summed E-state index contributed by atoms with van der Waals surface area (Å²) < 4.78 is 5.24. The van der Waals surface area contributed by atoms with Gasteiger partial charge in [-0.25, -0.2) is 0 Å². The number of aromatic nitrogens is 2. The van der Waals surface area contributed by atoms with Crippen LogP contribution in [-0.2, 0) is 4.74 Å². The second-order valence-corrected chi connectivity index (χ2v) is 5.09. The molecule has 0 N–H and O–H groups in total. The van der Waals surface area contributed by atoms with Gasteiger partial charge in [0, 0.05) is 25.5 Å². The average molecular weight is 275 g/mol. The Hall–Kier alpha value is -1.79. The van der Waals surface area contributed by atoms with Crippen LogP contribution in [0.5, 0.6) is 0 Å². The zero-order valence-corrected chi connectivity index (χ0v) is 11.1. The van der Waals surface area contributed by atoms with Crippen LogP contribution in [0.1, 0.15) is 10.4 Å². The van der Waals surface area contributed by atoms with Crippen molar-refractivity contribution in [2.75, 3.05) is 26.3 Å². The van der Waals surface area contributed by atoms with Gasteiger partial charge < -0.3 is 9.64 Å². The molecule has 0 aliphatic carbocycles. The molecule has 5 nitrogen and oxygen atoms in total. The number of thiazole rings is 1. The van der Waals surface area contributed by atoms with E-state index < -0.39 is 0 Å². The van der Waals surface area contributed by atoms with E-state index in [2.05, 4.69) is 9.97 Å². The second-order valence-electron chi connectivity index (χ2n) is 4.20. The van der Waals surface area contributed by atoms with E-state index in [1.165, 1.54) is 11.3 Å². The van der Waals surface area contributed by atoms with Gasteiger partial charge in [0.25, 0.3) is 5.91 Å². The Bertz CT molecular complexity index is 548. The van der Waals surface area contributed by atoms with E-state index in [1.807, 2.05) is 12.1 Å². The summed E-state index contributed by atoms with van der Waals surface area (Å²) >= 11 is 1.53. The summed E-state index contributed by atoms with van der Waals surface area (Å²) in [4.78, 5) is 23.4. The standard InChI is InChI=1S/C13H13N3O2S/c17-13(16-3-5-18-6-4-16)10-1-2-11(15-7-10)12-8-14-9-19-12/h1-2,7-9H,3-6H2. The molecule has 2 aromatic heterocycles. The minimum absolute atomic E-state index is 0.0201. The fourth-order valence-corrected chi connectivity index (χ4v) is 2.56. The molecule has 1 fully saturated rings. The first kappa shape index (κ1) is 12.3. The summed E-state index contributed by atoms with van der Waals surface area (Å²) in [5, 5.41) is 0. The molecule has 3 rings (SSSR count). The maximum atomic E-state index is 12.2. The Kier molecular flexibility index (Phi) is 3.52. The summed E-state index contributed by atoms with van der Waals surface area (Å²) in [6.07, 6.45) is 3.41. The maximum Gasteiger partial charge on any atom is 0.255 e. The highest BCUT2D eigenvalue weighted by molar-refractivity contribution is 7.13. The smallest absolute Gasteiger partial charge is 0.255 e. The number of pyridine rings is 1. The summed E-state index contributed by atoms with van der Waals surface area (Å²) in [7, 11) is 0. The number of rotatable bonds is 2. The Morgan fingerprint density at radius 3 is 2.74 bits per heavy atom. The summed E-state index contributed by atoms with van der Waals surface area (Å²) in [6, 6.07) is 3.68. The first-order valence-corrected chi connectivity index (χ1v) is 6.94. The van der Waals surface area contributed by atoms with E-state index >= 15 is 0 Å². The van der Waals surface area contributed by atoms with Crippen LogP contribution in [0.15, 0.2) is 30.0 Å². The molecule has 3 heterocycles.